The molecule has 25 heavy (non-hydrogen) atoms. The van der Waals surface area contributed by atoms with E-state index in [0.29, 0.717) is 5.75 Å². The second-order valence-corrected chi connectivity index (χ2v) is 6.25. The van der Waals surface area contributed by atoms with Crippen molar-refractivity contribution < 1.29 is 19.4 Å². The summed E-state index contributed by atoms with van der Waals surface area (Å²) in [5.74, 6) is -2.43. The summed E-state index contributed by atoms with van der Waals surface area (Å²) in [7, 11) is 1.25. The second-order valence-electron chi connectivity index (χ2n) is 6.25. The van der Waals surface area contributed by atoms with Crippen molar-refractivity contribution in [2.75, 3.05) is 7.11 Å². The normalized spacial score (nSPS) is 22.1. The van der Waals surface area contributed by atoms with Gasteiger partial charge in [0.2, 0.25) is 0 Å². The van der Waals surface area contributed by atoms with Crippen LogP contribution in [0.15, 0.2) is 66.7 Å². The minimum Gasteiger partial charge on any atom is -0.464 e. The number of hydrogen-bond donors (Lipinski definition) is 1. The molecule has 2 atom stereocenters. The summed E-state index contributed by atoms with van der Waals surface area (Å²) >= 11 is 0. The number of hydrogen-bond acceptors (Lipinski definition) is 4. The fourth-order valence-electron chi connectivity index (χ4n) is 3.51. The van der Waals surface area contributed by atoms with E-state index >= 15 is 0 Å². The van der Waals surface area contributed by atoms with Crippen LogP contribution in [0.1, 0.15) is 23.5 Å². The molecule has 126 valence electrons. The monoisotopic (exact) mass is 334 g/mol. The van der Waals surface area contributed by atoms with E-state index in [2.05, 4.69) is 0 Å². The van der Waals surface area contributed by atoms with E-state index in [-0.39, 0.29) is 12.3 Å². The number of ether oxygens (including phenoxy) is 2. The third-order valence-electron chi connectivity index (χ3n) is 4.74. The van der Waals surface area contributed by atoms with Crippen LogP contribution in [0.2, 0.25) is 0 Å². The van der Waals surface area contributed by atoms with Gasteiger partial charge in [0.25, 0.3) is 0 Å². The maximum atomic E-state index is 12.2. The molecule has 0 aromatic heterocycles. The molecule has 0 unspecified atom stereocenters. The third-order valence-corrected chi connectivity index (χ3v) is 4.74. The Morgan fingerprint density at radius 2 is 1.80 bits per heavy atom. The zero-order valence-electron chi connectivity index (χ0n) is 13.8. The van der Waals surface area contributed by atoms with E-state index in [9.17, 15) is 9.90 Å². The van der Waals surface area contributed by atoms with Crippen LogP contribution in [0.5, 0.6) is 5.75 Å². The van der Waals surface area contributed by atoms with Crippen LogP contribution in [0.4, 0.5) is 0 Å². The Morgan fingerprint density at radius 1 is 1.08 bits per heavy atom. The number of methoxy groups -OCH3 is 1. The number of aliphatic hydroxyl groups is 1. The predicted octanol–water partition coefficient (Wildman–Crippen LogP) is 3.62. The maximum absolute atomic E-state index is 12.2. The molecule has 3 aromatic rings. The molecule has 0 spiro atoms. The zero-order chi connectivity index (χ0) is 17.4. The van der Waals surface area contributed by atoms with Crippen molar-refractivity contribution >= 4 is 16.7 Å². The molecule has 3 aromatic carbocycles. The largest absolute Gasteiger partial charge is 0.464 e. The van der Waals surface area contributed by atoms with Gasteiger partial charge in [0.15, 0.2) is 0 Å². The Balaban J connectivity index is 1.95. The van der Waals surface area contributed by atoms with Crippen molar-refractivity contribution in [3.8, 4) is 5.75 Å². The fraction of sp³-hybridized carbons (Fsp3) is 0.190. The predicted molar refractivity (Wildman–Crippen MR) is 94.4 cm³/mol. The summed E-state index contributed by atoms with van der Waals surface area (Å²) in [5, 5.41) is 12.7. The van der Waals surface area contributed by atoms with Gasteiger partial charge in [-0.2, -0.15) is 0 Å². The minimum absolute atomic E-state index is 0.106. The first-order valence-corrected chi connectivity index (χ1v) is 8.19. The quantitative estimate of drug-likeness (QED) is 0.727. The first-order valence-electron chi connectivity index (χ1n) is 8.19. The summed E-state index contributed by atoms with van der Waals surface area (Å²) < 4.78 is 10.6. The highest BCUT2D eigenvalue weighted by molar-refractivity contribution is 5.91. The van der Waals surface area contributed by atoms with Gasteiger partial charge in [0.05, 0.1) is 7.11 Å². The average molecular weight is 334 g/mol. The SMILES string of the molecule is COC(=O)[C@@]1(O)C[C@@H](c2ccccc2)c2ccc3ccccc3c2O1. The highest BCUT2D eigenvalue weighted by Crippen LogP contribution is 2.47. The van der Waals surface area contributed by atoms with Gasteiger partial charge in [-0.1, -0.05) is 66.7 Å². The first-order chi connectivity index (χ1) is 12.1. The number of carbonyl (C=O) groups is 1. The molecule has 0 amide bonds. The van der Waals surface area contributed by atoms with Crippen LogP contribution >= 0.6 is 0 Å². The Morgan fingerprint density at radius 3 is 2.56 bits per heavy atom. The second kappa shape index (κ2) is 5.90. The van der Waals surface area contributed by atoms with Gasteiger partial charge in [-0.25, -0.2) is 4.79 Å². The van der Waals surface area contributed by atoms with Crippen LogP contribution < -0.4 is 4.74 Å². The van der Waals surface area contributed by atoms with Crippen molar-refractivity contribution in [1.29, 1.82) is 0 Å². The standard InChI is InChI=1S/C21H18O4/c1-24-20(22)21(23)13-18(14-7-3-2-4-8-14)17-12-11-15-9-5-6-10-16(15)19(17)25-21/h2-12,18,23H,13H2,1H3/t18-,21+/m0/s1. The van der Waals surface area contributed by atoms with E-state index in [0.717, 1.165) is 21.9 Å². The van der Waals surface area contributed by atoms with Gasteiger partial charge < -0.3 is 14.6 Å². The van der Waals surface area contributed by atoms with Crippen LogP contribution in [-0.4, -0.2) is 24.0 Å². The Hall–Kier alpha value is -2.85. The van der Waals surface area contributed by atoms with Crippen molar-refractivity contribution in [3.63, 3.8) is 0 Å². The van der Waals surface area contributed by atoms with Crippen LogP contribution in [-0.2, 0) is 9.53 Å². The smallest absolute Gasteiger partial charge is 0.379 e. The Bertz CT molecular complexity index is 935. The topological polar surface area (TPSA) is 55.8 Å². The lowest BCUT2D eigenvalue weighted by molar-refractivity contribution is -0.202. The Kier molecular flexibility index (Phi) is 3.70. The van der Waals surface area contributed by atoms with Gasteiger partial charge in [-0.15, -0.1) is 0 Å². The molecule has 1 heterocycles. The van der Waals surface area contributed by atoms with E-state index < -0.39 is 11.8 Å². The molecule has 0 saturated heterocycles. The number of benzene rings is 3. The molecule has 0 saturated carbocycles. The van der Waals surface area contributed by atoms with Crippen molar-refractivity contribution in [2.24, 2.45) is 0 Å². The summed E-state index contributed by atoms with van der Waals surface area (Å²) in [6.07, 6.45) is 0.106. The molecule has 0 radical (unpaired) electrons. The van der Waals surface area contributed by atoms with Crippen LogP contribution in [0.25, 0.3) is 10.8 Å². The highest BCUT2D eigenvalue weighted by atomic mass is 16.7. The third kappa shape index (κ3) is 2.55. The van der Waals surface area contributed by atoms with Gasteiger partial charge in [0.1, 0.15) is 5.75 Å². The maximum Gasteiger partial charge on any atom is 0.379 e. The van der Waals surface area contributed by atoms with E-state index in [1.165, 1.54) is 7.11 Å². The van der Waals surface area contributed by atoms with Gasteiger partial charge in [-0.05, 0) is 10.9 Å². The molecule has 0 fully saturated rings. The van der Waals surface area contributed by atoms with Gasteiger partial charge >= 0.3 is 11.8 Å². The van der Waals surface area contributed by atoms with Crippen molar-refractivity contribution in [1.82, 2.24) is 0 Å². The first kappa shape index (κ1) is 15.7. The summed E-state index contributed by atoms with van der Waals surface area (Å²) in [4.78, 5) is 12.2. The molecule has 0 bridgehead atoms. The lowest BCUT2D eigenvalue weighted by Crippen LogP contribution is -2.49. The fourth-order valence-corrected chi connectivity index (χ4v) is 3.51. The van der Waals surface area contributed by atoms with Crippen molar-refractivity contribution in [3.05, 3.63) is 77.9 Å². The molecular formula is C21H18O4. The number of esters is 1. The van der Waals surface area contributed by atoms with E-state index in [1.54, 1.807) is 0 Å². The average Bonchev–Trinajstić information content (AvgIpc) is 2.67. The molecule has 1 N–H and O–H groups in total. The van der Waals surface area contributed by atoms with Crippen LogP contribution in [0, 0.1) is 0 Å². The number of fused-ring (bicyclic) bond motifs is 3. The van der Waals surface area contributed by atoms with Crippen molar-refractivity contribution in [2.45, 2.75) is 18.1 Å². The van der Waals surface area contributed by atoms with E-state index in [4.69, 9.17) is 9.47 Å². The number of rotatable bonds is 2. The Labute approximate surface area is 145 Å². The molecular weight excluding hydrogens is 316 g/mol. The van der Waals surface area contributed by atoms with Gasteiger partial charge in [-0.3, -0.25) is 0 Å². The lowest BCUT2D eigenvalue weighted by atomic mass is 9.82. The molecule has 4 rings (SSSR count). The van der Waals surface area contributed by atoms with Gasteiger partial charge in [0, 0.05) is 23.3 Å². The van der Waals surface area contributed by atoms with Crippen LogP contribution in [0.3, 0.4) is 0 Å². The lowest BCUT2D eigenvalue weighted by Gasteiger charge is -2.37. The molecule has 4 heteroatoms. The summed E-state index contributed by atoms with van der Waals surface area (Å²) in [5.41, 5.74) is 1.98. The zero-order valence-corrected chi connectivity index (χ0v) is 13.8. The highest BCUT2D eigenvalue weighted by Gasteiger charge is 2.47. The molecule has 0 aliphatic carbocycles. The molecule has 1 aliphatic rings. The molecule has 4 nitrogen and oxygen atoms in total. The summed E-state index contributed by atoms with van der Waals surface area (Å²) in [6, 6.07) is 21.6. The minimum atomic E-state index is -2.01. The number of carbonyl (C=O) groups excluding carboxylic acids is 1. The summed E-state index contributed by atoms with van der Waals surface area (Å²) in [6.45, 7) is 0. The van der Waals surface area contributed by atoms with E-state index in [1.807, 2.05) is 66.7 Å². The molecule has 1 aliphatic heterocycles.